The normalized spacial score (nSPS) is 17.4. The Morgan fingerprint density at radius 2 is 2.16 bits per heavy atom. The van der Waals surface area contributed by atoms with E-state index in [4.69, 9.17) is 5.73 Å². The van der Waals surface area contributed by atoms with E-state index in [1.54, 1.807) is 6.20 Å². The number of benzene rings is 1. The Morgan fingerprint density at radius 3 is 2.92 bits per heavy atom. The molecule has 2 aromatic heterocycles. The van der Waals surface area contributed by atoms with Crippen LogP contribution in [0.2, 0.25) is 0 Å². The third-order valence-corrected chi connectivity index (χ3v) is 4.96. The molecule has 4 rings (SSSR count). The van der Waals surface area contributed by atoms with Gasteiger partial charge in [-0.15, -0.1) is 0 Å². The Kier molecular flexibility index (Phi) is 3.97. The highest BCUT2D eigenvalue weighted by Gasteiger charge is 2.30. The minimum absolute atomic E-state index is 0.0281. The summed E-state index contributed by atoms with van der Waals surface area (Å²) in [6.07, 6.45) is 3.61. The van der Waals surface area contributed by atoms with Crippen LogP contribution in [0.5, 0.6) is 0 Å². The van der Waals surface area contributed by atoms with Crippen LogP contribution in [0.1, 0.15) is 46.1 Å². The number of aromatic amines is 1. The predicted octanol–water partition coefficient (Wildman–Crippen LogP) is 2.70. The molecule has 6 heteroatoms. The van der Waals surface area contributed by atoms with Gasteiger partial charge in [0.15, 0.2) is 5.65 Å². The first-order chi connectivity index (χ1) is 12.2. The number of carbonyl (C=O) groups excluding carboxylic acids is 1. The zero-order valence-electron chi connectivity index (χ0n) is 14.2. The van der Waals surface area contributed by atoms with Crippen LogP contribution in [-0.2, 0) is 6.54 Å². The number of nitrogens with two attached hydrogens (primary N) is 1. The molecule has 3 aromatic rings. The maximum atomic E-state index is 13.1. The van der Waals surface area contributed by atoms with Gasteiger partial charge < -0.3 is 10.6 Å². The second-order valence-corrected chi connectivity index (χ2v) is 6.55. The number of likely N-dealkylation sites (tertiary alicyclic amines) is 1. The van der Waals surface area contributed by atoms with Crippen molar-refractivity contribution in [3.8, 4) is 0 Å². The number of carbonyl (C=O) groups is 1. The van der Waals surface area contributed by atoms with Gasteiger partial charge in [0.25, 0.3) is 5.91 Å². The fourth-order valence-corrected chi connectivity index (χ4v) is 3.53. The van der Waals surface area contributed by atoms with Crippen molar-refractivity contribution < 1.29 is 4.79 Å². The van der Waals surface area contributed by atoms with Crippen molar-refractivity contribution in [2.45, 2.75) is 32.4 Å². The van der Waals surface area contributed by atoms with Gasteiger partial charge in [-0.1, -0.05) is 24.3 Å². The summed E-state index contributed by atoms with van der Waals surface area (Å²) in [6.45, 7) is 3.23. The maximum absolute atomic E-state index is 13.1. The molecular weight excluding hydrogens is 314 g/mol. The first-order valence-corrected chi connectivity index (χ1v) is 8.58. The highest BCUT2D eigenvalue weighted by atomic mass is 16.2. The summed E-state index contributed by atoms with van der Waals surface area (Å²) in [6, 6.07) is 10.2. The standard InChI is InChI=1S/C19H21N5O/c1-12-16-9-15(11-21-18(16)23-22-12)19(25)24-8-2-3-17(24)14-6-4-13(10-20)5-7-14/h4-7,9,11,17H,2-3,8,10,20H2,1H3,(H,21,22,23)/t17-/m0/s1. The van der Waals surface area contributed by atoms with E-state index in [2.05, 4.69) is 27.3 Å². The molecule has 0 spiro atoms. The molecule has 0 radical (unpaired) electrons. The molecule has 3 heterocycles. The van der Waals surface area contributed by atoms with E-state index in [1.807, 2.05) is 30.0 Å². The smallest absolute Gasteiger partial charge is 0.255 e. The van der Waals surface area contributed by atoms with Crippen LogP contribution in [0.3, 0.4) is 0 Å². The van der Waals surface area contributed by atoms with Gasteiger partial charge in [-0.2, -0.15) is 5.10 Å². The molecule has 1 aliphatic heterocycles. The number of pyridine rings is 1. The lowest BCUT2D eigenvalue weighted by Crippen LogP contribution is -2.30. The van der Waals surface area contributed by atoms with Gasteiger partial charge in [-0.3, -0.25) is 9.89 Å². The number of H-pyrrole nitrogens is 1. The fraction of sp³-hybridized carbons (Fsp3) is 0.316. The van der Waals surface area contributed by atoms with E-state index in [1.165, 1.54) is 0 Å². The molecule has 1 aromatic carbocycles. The molecular formula is C19H21N5O. The number of rotatable bonds is 3. The third kappa shape index (κ3) is 2.78. The summed E-state index contributed by atoms with van der Waals surface area (Å²) in [4.78, 5) is 19.3. The molecule has 128 valence electrons. The van der Waals surface area contributed by atoms with E-state index in [9.17, 15) is 4.79 Å². The maximum Gasteiger partial charge on any atom is 0.255 e. The van der Waals surface area contributed by atoms with Gasteiger partial charge in [-0.25, -0.2) is 4.98 Å². The van der Waals surface area contributed by atoms with Gasteiger partial charge in [-0.05, 0) is 37.0 Å². The highest BCUT2D eigenvalue weighted by Crippen LogP contribution is 2.33. The first kappa shape index (κ1) is 15.8. The van der Waals surface area contributed by atoms with Gasteiger partial charge >= 0.3 is 0 Å². The number of nitrogens with one attached hydrogen (secondary N) is 1. The van der Waals surface area contributed by atoms with E-state index in [0.29, 0.717) is 17.8 Å². The minimum atomic E-state index is 0.0281. The molecule has 0 unspecified atom stereocenters. The quantitative estimate of drug-likeness (QED) is 0.770. The van der Waals surface area contributed by atoms with Crippen molar-refractivity contribution in [2.24, 2.45) is 5.73 Å². The second-order valence-electron chi connectivity index (χ2n) is 6.55. The summed E-state index contributed by atoms with van der Waals surface area (Å²) < 4.78 is 0. The molecule has 1 amide bonds. The predicted molar refractivity (Wildman–Crippen MR) is 96.0 cm³/mol. The van der Waals surface area contributed by atoms with Crippen LogP contribution in [0.25, 0.3) is 11.0 Å². The van der Waals surface area contributed by atoms with Crippen molar-refractivity contribution in [1.29, 1.82) is 0 Å². The molecule has 1 saturated heterocycles. The Bertz CT molecular complexity index is 915. The van der Waals surface area contributed by atoms with Gasteiger partial charge in [0.2, 0.25) is 0 Å². The van der Waals surface area contributed by atoms with Crippen LogP contribution >= 0.6 is 0 Å². The van der Waals surface area contributed by atoms with E-state index >= 15 is 0 Å². The van der Waals surface area contributed by atoms with Crippen molar-refractivity contribution in [3.05, 3.63) is 58.9 Å². The molecule has 0 bridgehead atoms. The van der Waals surface area contributed by atoms with Crippen molar-refractivity contribution in [3.63, 3.8) is 0 Å². The SMILES string of the molecule is Cc1[nH]nc2ncc(C(=O)N3CCC[C@H]3c3ccc(CN)cc3)cc12. The zero-order chi connectivity index (χ0) is 17.4. The summed E-state index contributed by atoms with van der Waals surface area (Å²) >= 11 is 0. The summed E-state index contributed by atoms with van der Waals surface area (Å²) in [7, 11) is 0. The number of amides is 1. The van der Waals surface area contributed by atoms with Crippen molar-refractivity contribution >= 4 is 16.9 Å². The largest absolute Gasteiger partial charge is 0.332 e. The molecule has 1 aliphatic rings. The zero-order valence-corrected chi connectivity index (χ0v) is 14.2. The Morgan fingerprint density at radius 1 is 1.36 bits per heavy atom. The van der Waals surface area contributed by atoms with Crippen molar-refractivity contribution in [1.82, 2.24) is 20.1 Å². The number of aryl methyl sites for hydroxylation is 1. The highest BCUT2D eigenvalue weighted by molar-refractivity contribution is 5.97. The Hall–Kier alpha value is -2.73. The molecule has 6 nitrogen and oxygen atoms in total. The summed E-state index contributed by atoms with van der Waals surface area (Å²) in [5, 5.41) is 7.93. The Labute approximate surface area is 146 Å². The average molecular weight is 335 g/mol. The molecule has 3 N–H and O–H groups in total. The van der Waals surface area contributed by atoms with Gasteiger partial charge in [0.1, 0.15) is 0 Å². The topological polar surface area (TPSA) is 87.9 Å². The molecule has 1 atom stereocenters. The number of nitrogens with zero attached hydrogens (tertiary/aromatic N) is 3. The first-order valence-electron chi connectivity index (χ1n) is 8.58. The molecule has 1 fully saturated rings. The third-order valence-electron chi connectivity index (χ3n) is 4.96. The molecule has 0 saturated carbocycles. The second kappa shape index (κ2) is 6.29. The number of fused-ring (bicyclic) bond motifs is 1. The number of hydrogen-bond donors (Lipinski definition) is 2. The number of aromatic nitrogens is 3. The minimum Gasteiger partial charge on any atom is -0.332 e. The van der Waals surface area contributed by atoms with E-state index in [-0.39, 0.29) is 11.9 Å². The van der Waals surface area contributed by atoms with Crippen LogP contribution in [-0.4, -0.2) is 32.5 Å². The average Bonchev–Trinajstić information content (AvgIpc) is 3.28. The lowest BCUT2D eigenvalue weighted by Gasteiger charge is -2.25. The van der Waals surface area contributed by atoms with Crippen molar-refractivity contribution in [2.75, 3.05) is 6.54 Å². The Balaban J connectivity index is 1.63. The fourth-order valence-electron chi connectivity index (χ4n) is 3.53. The van der Waals surface area contributed by atoms with Gasteiger partial charge in [0, 0.05) is 30.4 Å². The summed E-state index contributed by atoms with van der Waals surface area (Å²) in [5.41, 5.74) is 10.1. The van der Waals surface area contributed by atoms with E-state index < -0.39 is 0 Å². The van der Waals surface area contributed by atoms with Gasteiger partial charge in [0.05, 0.1) is 11.6 Å². The molecule has 0 aliphatic carbocycles. The van der Waals surface area contributed by atoms with E-state index in [0.717, 1.165) is 41.6 Å². The van der Waals surface area contributed by atoms with Crippen LogP contribution < -0.4 is 5.73 Å². The summed E-state index contributed by atoms with van der Waals surface area (Å²) in [5.74, 6) is 0.0281. The van der Waals surface area contributed by atoms with Crippen LogP contribution in [0.4, 0.5) is 0 Å². The lowest BCUT2D eigenvalue weighted by molar-refractivity contribution is 0.0735. The van der Waals surface area contributed by atoms with Crippen LogP contribution in [0, 0.1) is 6.92 Å². The van der Waals surface area contributed by atoms with Crippen LogP contribution in [0.15, 0.2) is 36.5 Å². The monoisotopic (exact) mass is 335 g/mol. The lowest BCUT2D eigenvalue weighted by atomic mass is 10.0. The number of hydrogen-bond acceptors (Lipinski definition) is 4. The molecule has 25 heavy (non-hydrogen) atoms.